The molecule has 0 aliphatic rings. The van der Waals surface area contributed by atoms with Gasteiger partial charge in [0.25, 0.3) is 0 Å². The van der Waals surface area contributed by atoms with E-state index in [4.69, 9.17) is 7.16 Å². The molecule has 3 aromatic heterocycles. The first kappa shape index (κ1) is 28.8. The fourth-order valence-electron chi connectivity index (χ4n) is 4.79. The molecular weight excluding hydrogens is 784 g/mol. The number of hydrogen-bond donors (Lipinski definition) is 0. The van der Waals surface area contributed by atoms with Crippen LogP contribution in [0.15, 0.2) is 126 Å². The fraction of sp³-hybridized carbons (Fsp3) is 0.105. The third-order valence-corrected chi connectivity index (χ3v) is 11.3. The first-order chi connectivity index (χ1) is 21.6. The molecule has 0 N–H and O–H groups in total. The molecule has 0 spiro atoms. The van der Waals surface area contributed by atoms with Crippen molar-refractivity contribution in [3.8, 4) is 22.5 Å². The number of nitrogens with zero attached hydrogens (tertiary/aromatic N) is 2. The van der Waals surface area contributed by atoms with Gasteiger partial charge >= 0.3 is 142 Å². The number of pyridine rings is 2. The topological polar surface area (TPSA) is 38.9 Å². The van der Waals surface area contributed by atoms with E-state index < -0.39 is 19.6 Å². The summed E-state index contributed by atoms with van der Waals surface area (Å²) in [5.41, 5.74) is 5.72. The van der Waals surface area contributed by atoms with Gasteiger partial charge in [0, 0.05) is 29.0 Å². The van der Waals surface area contributed by atoms with Crippen molar-refractivity contribution in [1.29, 1.82) is 0 Å². The second kappa shape index (κ2) is 13.8. The molecule has 0 fully saturated rings. The number of aromatic nitrogens is 2. The molecular formula is C38H31FGeIrN2O-2. The smallest absolute Gasteiger partial charge is 0 e. The Kier molecular flexibility index (Phi) is 9.06. The Morgan fingerprint density at radius 2 is 1.59 bits per heavy atom. The van der Waals surface area contributed by atoms with Gasteiger partial charge in [-0.1, -0.05) is 36.4 Å². The molecule has 44 heavy (non-hydrogen) atoms. The largest absolute Gasteiger partial charge is 0 e. The zero-order chi connectivity index (χ0) is 31.6. The Labute approximate surface area is 276 Å². The van der Waals surface area contributed by atoms with Gasteiger partial charge in [0.15, 0.2) is 0 Å². The van der Waals surface area contributed by atoms with Crippen LogP contribution in [0.5, 0.6) is 0 Å². The summed E-state index contributed by atoms with van der Waals surface area (Å²) in [6.45, 7) is 0. The maximum absolute atomic E-state index is 13.5. The molecule has 0 saturated carbocycles. The minimum absolute atomic E-state index is 0. The number of benzene rings is 4. The number of fused-ring (bicyclic) bond motifs is 3. The molecule has 7 aromatic rings. The van der Waals surface area contributed by atoms with Crippen LogP contribution in [0.25, 0.3) is 44.5 Å². The van der Waals surface area contributed by atoms with Gasteiger partial charge in [0.2, 0.25) is 0 Å². The summed E-state index contributed by atoms with van der Waals surface area (Å²) in [5.74, 6) is 6.73. The van der Waals surface area contributed by atoms with Crippen molar-refractivity contribution in [3.05, 3.63) is 151 Å². The van der Waals surface area contributed by atoms with E-state index in [1.807, 2.05) is 66.9 Å². The van der Waals surface area contributed by atoms with Crippen LogP contribution in [0.2, 0.25) is 17.3 Å². The summed E-state index contributed by atoms with van der Waals surface area (Å²) in [6.07, 6.45) is 2.07. The van der Waals surface area contributed by atoms with Crippen LogP contribution in [-0.4, -0.2) is 23.2 Å². The van der Waals surface area contributed by atoms with Crippen molar-refractivity contribution in [2.24, 2.45) is 0 Å². The molecule has 0 unspecified atom stereocenters. The summed E-state index contributed by atoms with van der Waals surface area (Å²) in [4.78, 5) is 8.95. The monoisotopic (exact) mass is 819 g/mol. The second-order valence-electron chi connectivity index (χ2n) is 11.2. The van der Waals surface area contributed by atoms with Crippen LogP contribution in [0.4, 0.5) is 4.39 Å². The summed E-state index contributed by atoms with van der Waals surface area (Å²) in [7, 11) is 0. The van der Waals surface area contributed by atoms with Crippen molar-refractivity contribution in [2.45, 2.75) is 23.6 Å². The number of furan rings is 1. The SMILES string of the molecule is [2H]C([2H])(c1ccccc1)c1ccnc(-c2[c-]cccc2)c1.[CH3][Ge]([CH3])([CH3])[c]1ccc(-c2[c-]ccc3c2oc2cc(F)ccc23)nc1.[Ir]. The van der Waals surface area contributed by atoms with Gasteiger partial charge in [-0.05, 0) is 29.3 Å². The molecule has 7 rings (SSSR count). The van der Waals surface area contributed by atoms with Crippen LogP contribution in [-0.2, 0) is 26.5 Å². The summed E-state index contributed by atoms with van der Waals surface area (Å²) >= 11 is -1.88. The van der Waals surface area contributed by atoms with Crippen molar-refractivity contribution < 1.29 is 31.7 Å². The average molecular weight is 818 g/mol. The van der Waals surface area contributed by atoms with Crippen molar-refractivity contribution in [3.63, 3.8) is 0 Å². The standard InChI is InChI=1S/C20H17FGeNO.C18H14N.Ir/c1-22(2,3)14-8-10-18(23-12-14)17-6-4-5-16-15-9-7-13(21)11-19(15)24-20(16)17;1-3-7-15(8-4-1)13-16-11-12-19-18(14-16)17-9-5-2-6-10-17;/h4-5,7-12H,1-3H3;1-9,11-12,14H,13H2;/q2*-1;/i;13D2;. The fourth-order valence-corrected chi connectivity index (χ4v) is 6.96. The van der Waals surface area contributed by atoms with Crippen molar-refractivity contribution in [1.82, 2.24) is 9.97 Å². The Hall–Kier alpha value is -3.90. The summed E-state index contributed by atoms with van der Waals surface area (Å²) in [5, 5.41) is 1.86. The van der Waals surface area contributed by atoms with E-state index in [0.29, 0.717) is 22.3 Å². The second-order valence-corrected chi connectivity index (χ2v) is 21.9. The van der Waals surface area contributed by atoms with Gasteiger partial charge in [-0.2, -0.15) is 0 Å². The molecule has 221 valence electrons. The average Bonchev–Trinajstić information content (AvgIpc) is 3.43. The minimum Gasteiger partial charge on any atom is 0 e. The summed E-state index contributed by atoms with van der Waals surface area (Å²) < 4.78 is 37.5. The normalized spacial score (nSPS) is 12.1. The van der Waals surface area contributed by atoms with E-state index in [9.17, 15) is 4.39 Å². The maximum atomic E-state index is 13.5. The minimum atomic E-state index is -1.88. The zero-order valence-electron chi connectivity index (χ0n) is 26.6. The Bertz CT molecular complexity index is 2080. The number of rotatable bonds is 5. The first-order valence-corrected chi connectivity index (χ1v) is 21.4. The quantitative estimate of drug-likeness (QED) is 0.129. The first-order valence-electron chi connectivity index (χ1n) is 15.1. The van der Waals surface area contributed by atoms with Crippen LogP contribution >= 0.6 is 0 Å². The van der Waals surface area contributed by atoms with Gasteiger partial charge in [-0.3, -0.25) is 0 Å². The molecule has 4 aromatic carbocycles. The van der Waals surface area contributed by atoms with Gasteiger partial charge in [-0.15, -0.1) is 35.9 Å². The van der Waals surface area contributed by atoms with Crippen LogP contribution < -0.4 is 4.40 Å². The Balaban J connectivity index is 0.000000179. The molecule has 0 amide bonds. The van der Waals surface area contributed by atoms with Gasteiger partial charge in [0.05, 0.1) is 0 Å². The Morgan fingerprint density at radius 1 is 0.773 bits per heavy atom. The van der Waals surface area contributed by atoms with E-state index in [-0.39, 0.29) is 25.9 Å². The molecule has 3 nitrogen and oxygen atoms in total. The van der Waals surface area contributed by atoms with Crippen LogP contribution in [0, 0.1) is 17.9 Å². The maximum Gasteiger partial charge on any atom is 0 e. The molecule has 0 saturated heterocycles. The molecule has 1 radical (unpaired) electrons. The predicted octanol–water partition coefficient (Wildman–Crippen LogP) is 9.27. The van der Waals surface area contributed by atoms with Crippen molar-refractivity contribution in [2.75, 3.05) is 0 Å². The third-order valence-electron chi connectivity index (χ3n) is 7.09. The predicted molar refractivity (Wildman–Crippen MR) is 176 cm³/mol. The summed E-state index contributed by atoms with van der Waals surface area (Å²) in [6, 6.07) is 39.2. The van der Waals surface area contributed by atoms with E-state index in [1.165, 1.54) is 16.5 Å². The van der Waals surface area contributed by atoms with Gasteiger partial charge in [0.1, 0.15) is 0 Å². The molecule has 0 aliphatic carbocycles. The molecule has 0 aliphatic heterocycles. The van der Waals surface area contributed by atoms with Crippen LogP contribution in [0.1, 0.15) is 13.9 Å². The van der Waals surface area contributed by atoms with Gasteiger partial charge in [-0.25, -0.2) is 0 Å². The zero-order valence-corrected chi connectivity index (χ0v) is 29.1. The van der Waals surface area contributed by atoms with Crippen molar-refractivity contribution >= 4 is 39.6 Å². The number of hydrogen-bond acceptors (Lipinski definition) is 3. The van der Waals surface area contributed by atoms with Gasteiger partial charge < -0.3 is 4.98 Å². The molecule has 0 atom stereocenters. The number of halogens is 1. The van der Waals surface area contributed by atoms with E-state index >= 15 is 0 Å². The van der Waals surface area contributed by atoms with E-state index in [0.717, 1.165) is 33.3 Å². The third kappa shape index (κ3) is 7.24. The van der Waals surface area contributed by atoms with E-state index in [2.05, 4.69) is 45.4 Å². The molecule has 6 heteroatoms. The van der Waals surface area contributed by atoms with Crippen LogP contribution in [0.3, 0.4) is 0 Å². The molecule has 3 heterocycles. The molecule has 0 bridgehead atoms. The van der Waals surface area contributed by atoms with E-state index in [1.54, 1.807) is 36.5 Å². The Morgan fingerprint density at radius 3 is 2.32 bits per heavy atom.